The molecule has 0 amide bonds. The lowest BCUT2D eigenvalue weighted by molar-refractivity contribution is 0.603. The van der Waals surface area contributed by atoms with Crippen LogP contribution in [0, 0.1) is 0 Å². The predicted molar refractivity (Wildman–Crippen MR) is 44.3 cm³/mol. The molecule has 0 fully saturated rings. The van der Waals surface area contributed by atoms with Gasteiger partial charge in [-0.25, -0.2) is 4.39 Å². The molecular weight excluding hydrogens is 196 g/mol. The second-order valence-corrected chi connectivity index (χ2v) is 7.16. The fraction of sp³-hybridized carbons (Fsp3) is 0.200. The summed E-state index contributed by atoms with van der Waals surface area (Å²) in [4.78, 5) is 2.76. The average Bonchev–Trinajstić information content (AvgIpc) is 2.38. The highest BCUT2D eigenvalue weighted by Gasteiger charge is 2.20. The number of rotatable bonds is 2. The number of hydrogen-bond donors (Lipinski definition) is 1. The Morgan fingerprint density at radius 3 is 2.70 bits per heavy atom. The van der Waals surface area contributed by atoms with Crippen molar-refractivity contribution in [3.8, 4) is 0 Å². The minimum atomic E-state index is -2.23. The maximum absolute atomic E-state index is 12.1. The number of nitrogens with one attached hydrogen (secondary N) is 1. The van der Waals surface area contributed by atoms with Gasteiger partial charge in [-0.2, -0.15) is 0 Å². The molecule has 0 aliphatic heterocycles. The highest BCUT2D eigenvalue weighted by Crippen LogP contribution is 2.64. The summed E-state index contributed by atoms with van der Waals surface area (Å²) in [6, 6.07) is 2.70. The Kier molecular flexibility index (Phi) is 2.50. The number of aromatic amines is 1. The zero-order chi connectivity index (χ0) is 7.61. The van der Waals surface area contributed by atoms with Gasteiger partial charge in [-0.1, -0.05) is 0 Å². The lowest BCUT2D eigenvalue weighted by atomic mass is 10.7. The van der Waals surface area contributed by atoms with E-state index in [0.717, 1.165) is 0 Å². The Morgan fingerprint density at radius 1 is 1.60 bits per heavy atom. The number of halogens is 3. The van der Waals surface area contributed by atoms with E-state index in [1.807, 2.05) is 0 Å². The Balaban J connectivity index is 2.85. The van der Waals surface area contributed by atoms with Crippen LogP contribution in [0.4, 0.5) is 4.39 Å². The summed E-state index contributed by atoms with van der Waals surface area (Å²) in [5.41, 5.74) is 0. The first kappa shape index (κ1) is 8.24. The van der Waals surface area contributed by atoms with Gasteiger partial charge in [-0.05, 0) is 42.0 Å². The van der Waals surface area contributed by atoms with Crippen LogP contribution in [0.3, 0.4) is 0 Å². The van der Waals surface area contributed by atoms with Crippen LogP contribution in [-0.4, -0.2) is 11.0 Å². The van der Waals surface area contributed by atoms with Crippen molar-refractivity contribution >= 4 is 29.8 Å². The van der Waals surface area contributed by atoms with E-state index in [9.17, 15) is 4.39 Å². The molecule has 1 nitrogen and oxygen atoms in total. The second-order valence-electron chi connectivity index (χ2n) is 1.72. The highest BCUT2D eigenvalue weighted by atomic mass is 36.0. The smallest absolute Gasteiger partial charge is 0.149 e. The third-order valence-electron chi connectivity index (χ3n) is 1.03. The topological polar surface area (TPSA) is 15.8 Å². The molecule has 0 aromatic carbocycles. The molecular formula is C5H6Cl2FNS. The second kappa shape index (κ2) is 3.03. The molecule has 1 heterocycles. The number of H-pyrrole nitrogens is 1. The average molecular weight is 202 g/mol. The zero-order valence-electron chi connectivity index (χ0n) is 4.98. The van der Waals surface area contributed by atoms with Crippen LogP contribution in [0.5, 0.6) is 0 Å². The van der Waals surface area contributed by atoms with Crippen LogP contribution in [0.2, 0.25) is 0 Å². The number of hydrogen-bond acceptors (Lipinski definition) is 0. The van der Waals surface area contributed by atoms with E-state index in [4.69, 9.17) is 21.4 Å². The minimum Gasteiger partial charge on any atom is -0.356 e. The summed E-state index contributed by atoms with van der Waals surface area (Å²) in [5.74, 6) is 0. The minimum absolute atomic E-state index is 0.568. The van der Waals surface area contributed by atoms with Crippen molar-refractivity contribution < 1.29 is 4.39 Å². The monoisotopic (exact) mass is 201 g/mol. The van der Waals surface area contributed by atoms with Crippen LogP contribution >= 0.6 is 29.8 Å². The van der Waals surface area contributed by atoms with Crippen LogP contribution in [0.25, 0.3) is 0 Å². The molecule has 1 aromatic heterocycles. The van der Waals surface area contributed by atoms with E-state index in [0.29, 0.717) is 5.03 Å². The van der Waals surface area contributed by atoms with Crippen LogP contribution < -0.4 is 0 Å². The van der Waals surface area contributed by atoms with Gasteiger partial charge in [0, 0.05) is 6.20 Å². The molecule has 0 radical (unpaired) electrons. The largest absolute Gasteiger partial charge is 0.356 e. The maximum atomic E-state index is 12.1. The normalized spacial score (nSPS) is 13.5. The van der Waals surface area contributed by atoms with Gasteiger partial charge in [-0.3, -0.25) is 0 Å². The molecule has 0 bridgehead atoms. The maximum Gasteiger partial charge on any atom is 0.149 e. The fourth-order valence-corrected chi connectivity index (χ4v) is 1.77. The van der Waals surface area contributed by atoms with E-state index < -0.39 is 14.5 Å². The summed E-state index contributed by atoms with van der Waals surface area (Å²) >= 11 is 0. The molecule has 10 heavy (non-hydrogen) atoms. The molecule has 0 saturated carbocycles. The van der Waals surface area contributed by atoms with Gasteiger partial charge >= 0.3 is 0 Å². The van der Waals surface area contributed by atoms with Crippen molar-refractivity contribution in [2.24, 2.45) is 0 Å². The van der Waals surface area contributed by atoms with E-state index in [1.165, 1.54) is 0 Å². The quantitative estimate of drug-likeness (QED) is 0.756. The van der Waals surface area contributed by atoms with Crippen molar-refractivity contribution in [2.45, 2.75) is 5.03 Å². The first-order valence-electron chi connectivity index (χ1n) is 2.56. The summed E-state index contributed by atoms with van der Waals surface area (Å²) < 4.78 is 12.1. The third-order valence-corrected chi connectivity index (χ3v) is 3.69. The molecule has 0 spiro atoms. The Bertz CT molecular complexity index is 199. The van der Waals surface area contributed by atoms with E-state index in [1.54, 1.807) is 18.3 Å². The first-order valence-corrected chi connectivity index (χ1v) is 6.02. The van der Waals surface area contributed by atoms with Gasteiger partial charge in [0.25, 0.3) is 0 Å². The molecule has 0 atom stereocenters. The van der Waals surface area contributed by atoms with Gasteiger partial charge in [-0.15, -0.1) is 0 Å². The van der Waals surface area contributed by atoms with Crippen LogP contribution in [0.15, 0.2) is 23.4 Å². The van der Waals surface area contributed by atoms with Crippen LogP contribution in [0.1, 0.15) is 0 Å². The molecule has 0 aliphatic carbocycles. The summed E-state index contributed by atoms with van der Waals surface area (Å²) in [7, 11) is 9.03. The Morgan fingerprint density at radius 2 is 2.30 bits per heavy atom. The SMILES string of the molecule is FCS(Cl)(Cl)c1ccc[nH]1. The Hall–Kier alpha value is 0.140. The molecule has 0 unspecified atom stereocenters. The Labute approximate surface area is 68.8 Å². The standard InChI is InChI=1S/C5H6Cl2FNS/c6-10(7,4-8)5-2-1-3-9-5/h1-3,9H,4H2. The zero-order valence-corrected chi connectivity index (χ0v) is 7.31. The molecule has 1 aromatic rings. The van der Waals surface area contributed by atoms with Gasteiger partial charge in [0.2, 0.25) is 0 Å². The molecule has 0 saturated heterocycles. The lowest BCUT2D eigenvalue weighted by Gasteiger charge is -2.17. The first-order chi connectivity index (χ1) is 4.67. The summed E-state index contributed by atoms with van der Waals surface area (Å²) in [5, 5.41) is 0.568. The molecule has 0 aliphatic rings. The summed E-state index contributed by atoms with van der Waals surface area (Å²) in [6.45, 7) is 0. The summed E-state index contributed by atoms with van der Waals surface area (Å²) in [6.07, 6.45) is 1.66. The van der Waals surface area contributed by atoms with Crippen LogP contribution in [-0.2, 0) is 0 Å². The van der Waals surface area contributed by atoms with E-state index in [-0.39, 0.29) is 0 Å². The predicted octanol–water partition coefficient (Wildman–Crippen LogP) is 3.41. The fourth-order valence-electron chi connectivity index (χ4n) is 0.558. The van der Waals surface area contributed by atoms with Crippen molar-refractivity contribution in [2.75, 3.05) is 6.01 Å². The molecule has 1 rings (SSSR count). The van der Waals surface area contributed by atoms with Crippen molar-refractivity contribution in [3.05, 3.63) is 18.3 Å². The molecule has 58 valence electrons. The molecule has 5 heteroatoms. The number of aromatic nitrogens is 1. The molecule has 1 N–H and O–H groups in total. The van der Waals surface area contributed by atoms with Crippen molar-refractivity contribution in [3.63, 3.8) is 0 Å². The van der Waals surface area contributed by atoms with Gasteiger partial charge in [0.1, 0.15) is 6.01 Å². The highest BCUT2D eigenvalue weighted by molar-refractivity contribution is 8.65. The van der Waals surface area contributed by atoms with Crippen molar-refractivity contribution in [1.82, 2.24) is 4.98 Å². The van der Waals surface area contributed by atoms with Gasteiger partial charge in [0.05, 0.1) is 5.03 Å². The lowest BCUT2D eigenvalue weighted by Crippen LogP contribution is -1.85. The van der Waals surface area contributed by atoms with E-state index in [2.05, 4.69) is 4.98 Å². The van der Waals surface area contributed by atoms with E-state index >= 15 is 0 Å². The van der Waals surface area contributed by atoms with Crippen molar-refractivity contribution in [1.29, 1.82) is 0 Å². The van der Waals surface area contributed by atoms with Gasteiger partial charge in [0.15, 0.2) is 0 Å². The third kappa shape index (κ3) is 1.59. The number of alkyl halides is 1. The van der Waals surface area contributed by atoms with Gasteiger partial charge < -0.3 is 4.98 Å².